The monoisotopic (exact) mass is 284 g/mol. The molecule has 0 radical (unpaired) electrons. The Kier molecular flexibility index (Phi) is 5.93. The second-order valence-electron chi connectivity index (χ2n) is 5.03. The summed E-state index contributed by atoms with van der Waals surface area (Å²) in [5, 5.41) is 0. The fraction of sp³-hybridized carbons (Fsp3) is 0.600. The zero-order valence-corrected chi connectivity index (χ0v) is 12.1. The van der Waals surface area contributed by atoms with Crippen LogP contribution in [0.25, 0.3) is 0 Å². The molecule has 1 fully saturated rings. The number of benzene rings is 1. The number of rotatable bonds is 6. The quantitative estimate of drug-likeness (QED) is 0.584. The molecule has 106 valence electrons. The molecule has 1 aliphatic rings. The van der Waals surface area contributed by atoms with Crippen LogP contribution in [0, 0.1) is 5.82 Å². The van der Waals surface area contributed by atoms with Crippen molar-refractivity contribution in [3.05, 3.63) is 30.1 Å². The van der Waals surface area contributed by atoms with Crippen molar-refractivity contribution in [3.63, 3.8) is 0 Å². The van der Waals surface area contributed by atoms with E-state index in [2.05, 4.69) is 9.80 Å². The van der Waals surface area contributed by atoms with Crippen LogP contribution < -0.4 is 4.90 Å². The van der Waals surface area contributed by atoms with Crippen molar-refractivity contribution < 1.29 is 4.39 Å². The van der Waals surface area contributed by atoms with Crippen molar-refractivity contribution in [2.75, 3.05) is 43.5 Å². The molecule has 1 aromatic carbocycles. The molecule has 2 rings (SSSR count). The van der Waals surface area contributed by atoms with Crippen LogP contribution in [0.3, 0.4) is 0 Å². The van der Waals surface area contributed by atoms with Gasteiger partial charge in [-0.3, -0.25) is 4.90 Å². The Morgan fingerprint density at radius 1 is 1.00 bits per heavy atom. The van der Waals surface area contributed by atoms with Gasteiger partial charge in [0.05, 0.1) is 5.69 Å². The first kappa shape index (κ1) is 14.6. The molecule has 0 unspecified atom stereocenters. The molecule has 19 heavy (non-hydrogen) atoms. The largest absolute Gasteiger partial charge is 0.367 e. The first-order chi connectivity index (χ1) is 9.31. The van der Waals surface area contributed by atoms with Crippen molar-refractivity contribution in [3.8, 4) is 0 Å². The van der Waals surface area contributed by atoms with Crippen molar-refractivity contribution in [2.24, 2.45) is 0 Å². The summed E-state index contributed by atoms with van der Waals surface area (Å²) < 4.78 is 13.7. The van der Waals surface area contributed by atoms with E-state index in [0.717, 1.165) is 50.7 Å². The fourth-order valence-corrected chi connectivity index (χ4v) is 2.72. The highest BCUT2D eigenvalue weighted by atomic mass is 35.5. The molecule has 1 saturated heterocycles. The third kappa shape index (κ3) is 4.36. The van der Waals surface area contributed by atoms with Gasteiger partial charge in [-0.05, 0) is 31.5 Å². The van der Waals surface area contributed by atoms with Gasteiger partial charge in [0.15, 0.2) is 0 Å². The van der Waals surface area contributed by atoms with E-state index in [1.54, 1.807) is 6.07 Å². The molecule has 4 heteroatoms. The first-order valence-corrected chi connectivity index (χ1v) is 7.62. The van der Waals surface area contributed by atoms with Gasteiger partial charge in [0, 0.05) is 32.1 Å². The average molecular weight is 285 g/mol. The summed E-state index contributed by atoms with van der Waals surface area (Å²) in [4.78, 5) is 4.61. The molecule has 1 aliphatic heterocycles. The summed E-state index contributed by atoms with van der Waals surface area (Å²) in [5.74, 6) is 0.652. The van der Waals surface area contributed by atoms with Crippen LogP contribution >= 0.6 is 11.6 Å². The maximum atomic E-state index is 13.7. The van der Waals surface area contributed by atoms with Crippen molar-refractivity contribution >= 4 is 17.3 Å². The highest BCUT2D eigenvalue weighted by molar-refractivity contribution is 6.17. The number of nitrogens with zero attached hydrogens (tertiary/aromatic N) is 2. The van der Waals surface area contributed by atoms with E-state index in [1.165, 1.54) is 18.9 Å². The van der Waals surface area contributed by atoms with E-state index < -0.39 is 0 Å². The van der Waals surface area contributed by atoms with Gasteiger partial charge in [0.1, 0.15) is 5.82 Å². The van der Waals surface area contributed by atoms with E-state index in [9.17, 15) is 4.39 Å². The minimum Gasteiger partial charge on any atom is -0.367 e. The van der Waals surface area contributed by atoms with E-state index in [1.807, 2.05) is 12.1 Å². The SMILES string of the molecule is Fc1ccccc1N1CCN(CCCCCCl)CC1. The van der Waals surface area contributed by atoms with Gasteiger partial charge in [0.2, 0.25) is 0 Å². The molecule has 0 aliphatic carbocycles. The first-order valence-electron chi connectivity index (χ1n) is 7.09. The van der Waals surface area contributed by atoms with Gasteiger partial charge >= 0.3 is 0 Å². The number of hydrogen-bond acceptors (Lipinski definition) is 2. The zero-order valence-electron chi connectivity index (χ0n) is 11.3. The Bertz CT molecular complexity index is 378. The minimum absolute atomic E-state index is 0.113. The van der Waals surface area contributed by atoms with E-state index in [0.29, 0.717) is 0 Å². The second-order valence-corrected chi connectivity index (χ2v) is 5.41. The molecule has 1 heterocycles. The molecule has 0 N–H and O–H groups in total. The Hall–Kier alpha value is -0.800. The maximum Gasteiger partial charge on any atom is 0.146 e. The summed E-state index contributed by atoms with van der Waals surface area (Å²) in [6.07, 6.45) is 3.53. The average Bonchev–Trinajstić information content (AvgIpc) is 2.45. The number of alkyl halides is 1. The van der Waals surface area contributed by atoms with E-state index >= 15 is 0 Å². The maximum absolute atomic E-state index is 13.7. The smallest absolute Gasteiger partial charge is 0.146 e. The van der Waals surface area contributed by atoms with Crippen LogP contribution in [-0.2, 0) is 0 Å². The lowest BCUT2D eigenvalue weighted by molar-refractivity contribution is 0.252. The molecular formula is C15H22ClFN2. The summed E-state index contributed by atoms with van der Waals surface area (Å²) in [7, 11) is 0. The predicted molar refractivity (Wildman–Crippen MR) is 79.6 cm³/mol. The summed E-state index contributed by atoms with van der Waals surface area (Å²) in [6, 6.07) is 7.04. The van der Waals surface area contributed by atoms with E-state index in [4.69, 9.17) is 11.6 Å². The molecule has 1 aromatic rings. The molecule has 0 aromatic heterocycles. The molecule has 0 amide bonds. The minimum atomic E-state index is -0.113. The number of unbranched alkanes of at least 4 members (excludes halogenated alkanes) is 2. The third-order valence-corrected chi connectivity index (χ3v) is 3.94. The second kappa shape index (κ2) is 7.71. The number of para-hydroxylation sites is 1. The highest BCUT2D eigenvalue weighted by Gasteiger charge is 2.18. The predicted octanol–water partition coefficient (Wildman–Crippen LogP) is 3.36. The van der Waals surface area contributed by atoms with Crippen LogP contribution in [0.1, 0.15) is 19.3 Å². The Morgan fingerprint density at radius 3 is 2.42 bits per heavy atom. The number of piperazine rings is 1. The molecular weight excluding hydrogens is 263 g/mol. The van der Waals surface area contributed by atoms with Crippen LogP contribution in [0.4, 0.5) is 10.1 Å². The Balaban J connectivity index is 1.75. The van der Waals surface area contributed by atoms with Crippen molar-refractivity contribution in [1.29, 1.82) is 0 Å². The summed E-state index contributed by atoms with van der Waals surface area (Å²) in [5.41, 5.74) is 0.740. The van der Waals surface area contributed by atoms with Crippen LogP contribution in [0.2, 0.25) is 0 Å². The molecule has 0 bridgehead atoms. The normalized spacial score (nSPS) is 16.8. The van der Waals surface area contributed by atoms with Gasteiger partial charge in [-0.25, -0.2) is 4.39 Å². The molecule has 2 nitrogen and oxygen atoms in total. The Labute approximate surface area is 120 Å². The zero-order chi connectivity index (χ0) is 13.5. The topological polar surface area (TPSA) is 6.48 Å². The summed E-state index contributed by atoms with van der Waals surface area (Å²) >= 11 is 5.67. The van der Waals surface area contributed by atoms with Gasteiger partial charge in [-0.2, -0.15) is 0 Å². The third-order valence-electron chi connectivity index (χ3n) is 3.67. The lowest BCUT2D eigenvalue weighted by Gasteiger charge is -2.36. The van der Waals surface area contributed by atoms with E-state index in [-0.39, 0.29) is 5.82 Å². The van der Waals surface area contributed by atoms with Crippen molar-refractivity contribution in [1.82, 2.24) is 4.90 Å². The van der Waals surface area contributed by atoms with Crippen LogP contribution in [-0.4, -0.2) is 43.5 Å². The van der Waals surface area contributed by atoms with Crippen LogP contribution in [0.5, 0.6) is 0 Å². The number of halogens is 2. The number of anilines is 1. The van der Waals surface area contributed by atoms with Gasteiger partial charge in [-0.15, -0.1) is 11.6 Å². The van der Waals surface area contributed by atoms with Crippen LogP contribution in [0.15, 0.2) is 24.3 Å². The lowest BCUT2D eigenvalue weighted by atomic mass is 10.2. The molecule has 0 saturated carbocycles. The van der Waals surface area contributed by atoms with Crippen molar-refractivity contribution in [2.45, 2.75) is 19.3 Å². The highest BCUT2D eigenvalue weighted by Crippen LogP contribution is 2.20. The Morgan fingerprint density at radius 2 is 1.74 bits per heavy atom. The molecule has 0 atom stereocenters. The fourth-order valence-electron chi connectivity index (χ4n) is 2.53. The standard InChI is InChI=1S/C15H22ClFN2/c16-8-4-1-5-9-18-10-12-19(13-11-18)15-7-3-2-6-14(15)17/h2-3,6-7H,1,4-5,8-13H2. The molecule has 0 spiro atoms. The lowest BCUT2D eigenvalue weighted by Crippen LogP contribution is -2.46. The number of hydrogen-bond donors (Lipinski definition) is 0. The van der Waals surface area contributed by atoms with Gasteiger partial charge in [0.25, 0.3) is 0 Å². The summed E-state index contributed by atoms with van der Waals surface area (Å²) in [6.45, 7) is 5.01. The van der Waals surface area contributed by atoms with Gasteiger partial charge < -0.3 is 4.90 Å². The van der Waals surface area contributed by atoms with Gasteiger partial charge in [-0.1, -0.05) is 18.6 Å².